The lowest BCUT2D eigenvalue weighted by molar-refractivity contribution is 1.07. The van der Waals surface area contributed by atoms with Crippen molar-refractivity contribution in [3.05, 3.63) is 212 Å². The van der Waals surface area contributed by atoms with Gasteiger partial charge in [0.05, 0.1) is 22.1 Å². The number of rotatable bonds is 8. The van der Waals surface area contributed by atoms with Crippen LogP contribution in [-0.2, 0) is 0 Å². The van der Waals surface area contributed by atoms with Gasteiger partial charge in [-0.05, 0) is 71.8 Å². The number of fused-ring (bicyclic) bond motifs is 2. The molecule has 0 radical (unpaired) electrons. The highest BCUT2D eigenvalue weighted by atomic mass is 15.1. The van der Waals surface area contributed by atoms with E-state index in [2.05, 4.69) is 167 Å². The van der Waals surface area contributed by atoms with Crippen molar-refractivity contribution in [3.63, 3.8) is 0 Å². The molecular formula is C53H35N7. The number of hydrogen-bond donors (Lipinski definition) is 0. The van der Waals surface area contributed by atoms with E-state index >= 15 is 0 Å². The summed E-state index contributed by atoms with van der Waals surface area (Å²) in [5.41, 5.74) is 12.6. The van der Waals surface area contributed by atoms with Crippen LogP contribution < -0.4 is 0 Å². The van der Waals surface area contributed by atoms with Gasteiger partial charge in [-0.2, -0.15) is 0 Å². The van der Waals surface area contributed by atoms with Crippen LogP contribution in [0.3, 0.4) is 0 Å². The predicted molar refractivity (Wildman–Crippen MR) is 242 cm³/mol. The van der Waals surface area contributed by atoms with E-state index in [1.807, 2.05) is 54.6 Å². The summed E-state index contributed by atoms with van der Waals surface area (Å²) < 4.78 is 4.42. The third kappa shape index (κ3) is 6.40. The molecule has 0 N–H and O–H groups in total. The van der Waals surface area contributed by atoms with Crippen molar-refractivity contribution in [2.24, 2.45) is 0 Å². The maximum absolute atomic E-state index is 5.22. The van der Waals surface area contributed by atoms with Crippen LogP contribution in [0.25, 0.3) is 102 Å². The monoisotopic (exact) mass is 769 g/mol. The van der Waals surface area contributed by atoms with E-state index in [0.717, 1.165) is 84.0 Å². The highest BCUT2D eigenvalue weighted by molar-refractivity contribution is 5.89. The standard InChI is InChI=1S/C53H35N7/c1-6-16-36(17-7-1)37-26-28-38(29-27-37)49-56-50(41-30-32-47-45(34-41)54-52(39-18-8-2-9-19-39)59(47)43-22-12-4-13-23-43)58-51(57-49)42-31-33-48-46(35-42)55-53(40-20-10-3-11-21-40)60(48)44-24-14-5-15-25-44/h1-35H. The Morgan fingerprint density at radius 1 is 0.250 bits per heavy atom. The summed E-state index contributed by atoms with van der Waals surface area (Å²) in [7, 11) is 0. The average molecular weight is 770 g/mol. The fourth-order valence-electron chi connectivity index (χ4n) is 7.88. The number of imidazole rings is 2. The lowest BCUT2D eigenvalue weighted by Gasteiger charge is -2.11. The van der Waals surface area contributed by atoms with Crippen molar-refractivity contribution >= 4 is 22.1 Å². The van der Waals surface area contributed by atoms with Crippen LogP contribution in [0.4, 0.5) is 0 Å². The van der Waals surface area contributed by atoms with Gasteiger partial charge in [-0.1, -0.05) is 152 Å². The van der Waals surface area contributed by atoms with Gasteiger partial charge in [0.15, 0.2) is 17.5 Å². The molecule has 11 rings (SSSR count). The summed E-state index contributed by atoms with van der Waals surface area (Å²) in [6, 6.07) is 72.6. The second-order valence-electron chi connectivity index (χ2n) is 14.6. The van der Waals surface area contributed by atoms with Crippen LogP contribution >= 0.6 is 0 Å². The van der Waals surface area contributed by atoms with Crippen molar-refractivity contribution in [1.82, 2.24) is 34.1 Å². The summed E-state index contributed by atoms with van der Waals surface area (Å²) in [4.78, 5) is 25.9. The second-order valence-corrected chi connectivity index (χ2v) is 14.6. The molecule has 0 aliphatic heterocycles. The summed E-state index contributed by atoms with van der Waals surface area (Å²) in [5, 5.41) is 0. The summed E-state index contributed by atoms with van der Waals surface area (Å²) in [5.74, 6) is 3.42. The minimum Gasteiger partial charge on any atom is -0.292 e. The molecule has 7 nitrogen and oxygen atoms in total. The first kappa shape index (κ1) is 34.9. The molecule has 0 fully saturated rings. The Morgan fingerprint density at radius 2 is 0.567 bits per heavy atom. The molecule has 0 saturated carbocycles. The summed E-state index contributed by atoms with van der Waals surface area (Å²) in [6.45, 7) is 0. The smallest absolute Gasteiger partial charge is 0.164 e. The van der Waals surface area contributed by atoms with E-state index in [1.54, 1.807) is 0 Å². The van der Waals surface area contributed by atoms with Gasteiger partial charge in [-0.3, -0.25) is 9.13 Å². The van der Waals surface area contributed by atoms with Gasteiger partial charge in [0.2, 0.25) is 0 Å². The molecule has 3 heterocycles. The molecule has 282 valence electrons. The Morgan fingerprint density at radius 3 is 0.983 bits per heavy atom. The molecule has 0 atom stereocenters. The second kappa shape index (κ2) is 14.9. The van der Waals surface area contributed by atoms with Gasteiger partial charge >= 0.3 is 0 Å². The van der Waals surface area contributed by atoms with Gasteiger partial charge in [0.25, 0.3) is 0 Å². The van der Waals surface area contributed by atoms with Gasteiger partial charge in [-0.25, -0.2) is 24.9 Å². The fraction of sp³-hybridized carbons (Fsp3) is 0. The minimum absolute atomic E-state index is 0.555. The number of aromatic nitrogens is 7. The third-order valence-electron chi connectivity index (χ3n) is 10.8. The maximum atomic E-state index is 5.22. The molecule has 0 aliphatic rings. The zero-order valence-corrected chi connectivity index (χ0v) is 32.3. The first-order chi connectivity index (χ1) is 29.7. The molecule has 11 aromatic rings. The van der Waals surface area contributed by atoms with Crippen molar-refractivity contribution in [1.29, 1.82) is 0 Å². The van der Waals surface area contributed by atoms with Crippen molar-refractivity contribution in [2.75, 3.05) is 0 Å². The van der Waals surface area contributed by atoms with E-state index in [1.165, 1.54) is 0 Å². The Bertz CT molecular complexity index is 3090. The van der Waals surface area contributed by atoms with Crippen molar-refractivity contribution < 1.29 is 0 Å². The highest BCUT2D eigenvalue weighted by Crippen LogP contribution is 2.35. The average Bonchev–Trinajstić information content (AvgIpc) is 3.92. The molecule has 60 heavy (non-hydrogen) atoms. The minimum atomic E-state index is 0.555. The number of benzene rings is 8. The van der Waals surface area contributed by atoms with Crippen molar-refractivity contribution in [3.8, 4) is 79.4 Å². The summed E-state index contributed by atoms with van der Waals surface area (Å²) in [6.07, 6.45) is 0. The predicted octanol–water partition coefficient (Wildman–Crippen LogP) is 12.6. The number of para-hydroxylation sites is 2. The van der Waals surface area contributed by atoms with Crippen LogP contribution in [0.5, 0.6) is 0 Å². The Kier molecular flexibility index (Phi) is 8.67. The molecule has 7 heteroatoms. The van der Waals surface area contributed by atoms with E-state index in [9.17, 15) is 0 Å². The zero-order chi connectivity index (χ0) is 39.8. The topological polar surface area (TPSA) is 74.3 Å². The fourth-order valence-corrected chi connectivity index (χ4v) is 7.88. The third-order valence-corrected chi connectivity index (χ3v) is 10.8. The van der Waals surface area contributed by atoms with Crippen LogP contribution in [-0.4, -0.2) is 34.1 Å². The SMILES string of the molecule is c1ccc(-c2ccc(-c3nc(-c4ccc5c(c4)nc(-c4ccccc4)n5-c4ccccc4)nc(-c4ccc5c(c4)nc(-c4ccccc4)n5-c4ccccc4)n3)cc2)cc1. The van der Waals surface area contributed by atoms with E-state index < -0.39 is 0 Å². The van der Waals surface area contributed by atoms with Gasteiger partial charge in [0.1, 0.15) is 11.6 Å². The first-order valence-electron chi connectivity index (χ1n) is 19.9. The molecule has 0 unspecified atom stereocenters. The molecule has 3 aromatic heterocycles. The molecule has 0 spiro atoms. The normalized spacial score (nSPS) is 11.3. The highest BCUT2D eigenvalue weighted by Gasteiger charge is 2.20. The molecule has 0 bridgehead atoms. The first-order valence-corrected chi connectivity index (χ1v) is 19.9. The van der Waals surface area contributed by atoms with Crippen LogP contribution in [0.15, 0.2) is 212 Å². The number of nitrogens with zero attached hydrogens (tertiary/aromatic N) is 7. The summed E-state index contributed by atoms with van der Waals surface area (Å²) >= 11 is 0. The van der Waals surface area contributed by atoms with Gasteiger partial charge in [0, 0.05) is 39.2 Å². The molecule has 0 saturated heterocycles. The van der Waals surface area contributed by atoms with Crippen molar-refractivity contribution in [2.45, 2.75) is 0 Å². The Hall–Kier alpha value is -8.29. The molecular weight excluding hydrogens is 735 g/mol. The van der Waals surface area contributed by atoms with E-state index in [4.69, 9.17) is 24.9 Å². The molecule has 8 aromatic carbocycles. The van der Waals surface area contributed by atoms with Crippen LogP contribution in [0.1, 0.15) is 0 Å². The molecule has 0 aliphatic carbocycles. The molecule has 0 amide bonds. The van der Waals surface area contributed by atoms with E-state index in [-0.39, 0.29) is 0 Å². The Balaban J connectivity index is 1.08. The quantitative estimate of drug-likeness (QED) is 0.154. The van der Waals surface area contributed by atoms with Crippen LogP contribution in [0, 0.1) is 0 Å². The lowest BCUT2D eigenvalue weighted by Crippen LogP contribution is -2.00. The Labute approximate surface area is 346 Å². The zero-order valence-electron chi connectivity index (χ0n) is 32.3. The van der Waals surface area contributed by atoms with Crippen LogP contribution in [0.2, 0.25) is 0 Å². The van der Waals surface area contributed by atoms with Gasteiger partial charge in [-0.15, -0.1) is 0 Å². The van der Waals surface area contributed by atoms with E-state index in [0.29, 0.717) is 17.5 Å². The maximum Gasteiger partial charge on any atom is 0.164 e. The van der Waals surface area contributed by atoms with Gasteiger partial charge < -0.3 is 0 Å². The number of hydrogen-bond acceptors (Lipinski definition) is 5. The lowest BCUT2D eigenvalue weighted by atomic mass is 10.0. The largest absolute Gasteiger partial charge is 0.292 e.